The summed E-state index contributed by atoms with van der Waals surface area (Å²) >= 11 is 0. The number of benzene rings is 2. The minimum atomic E-state index is -0.439. The maximum atomic E-state index is 12.6. The second kappa shape index (κ2) is 10.9. The van der Waals surface area contributed by atoms with Crippen molar-refractivity contribution < 1.29 is 19.1 Å². The molecule has 1 heterocycles. The van der Waals surface area contributed by atoms with E-state index in [1.54, 1.807) is 73.8 Å². The first kappa shape index (κ1) is 22.9. The van der Waals surface area contributed by atoms with Crippen LogP contribution in [0.2, 0.25) is 0 Å². The highest BCUT2D eigenvalue weighted by molar-refractivity contribution is 6.05. The Morgan fingerprint density at radius 3 is 2.57 bits per heavy atom. The van der Waals surface area contributed by atoms with Crippen LogP contribution in [-0.2, 0) is 11.3 Å². The topological polar surface area (TPSA) is 104 Å². The van der Waals surface area contributed by atoms with Gasteiger partial charge in [0.15, 0.2) is 0 Å². The predicted octanol–water partition coefficient (Wildman–Crippen LogP) is 4.18. The van der Waals surface area contributed by atoms with Crippen LogP contribution in [0.5, 0.6) is 11.6 Å². The molecular weight excluding hydrogens is 406 g/mol. The third-order valence-electron chi connectivity index (χ3n) is 3.99. The molecule has 7 nitrogen and oxygen atoms in total. The van der Waals surface area contributed by atoms with E-state index >= 15 is 0 Å². The molecule has 0 aliphatic rings. The fourth-order valence-corrected chi connectivity index (χ4v) is 2.60. The second-order valence-electron chi connectivity index (χ2n) is 6.09. The second-order valence-corrected chi connectivity index (χ2v) is 6.09. The molecule has 0 aliphatic heterocycles. The number of halogens is 1. The van der Waals surface area contributed by atoms with Crippen molar-refractivity contribution in [2.45, 2.75) is 13.5 Å². The number of nitrogens with two attached hydrogens (primary N) is 1. The van der Waals surface area contributed by atoms with Crippen molar-refractivity contribution in [3.8, 4) is 11.6 Å². The van der Waals surface area contributed by atoms with Gasteiger partial charge in [0.1, 0.15) is 5.75 Å². The molecule has 0 saturated heterocycles. The molecule has 1 aromatic heterocycles. The number of ether oxygens (including phenoxy) is 2. The molecule has 0 radical (unpaired) electrons. The van der Waals surface area contributed by atoms with Gasteiger partial charge in [-0.05, 0) is 55.0 Å². The van der Waals surface area contributed by atoms with Gasteiger partial charge in [-0.15, -0.1) is 12.4 Å². The van der Waals surface area contributed by atoms with Gasteiger partial charge in [0.05, 0.1) is 12.2 Å². The van der Waals surface area contributed by atoms with Crippen LogP contribution < -0.4 is 15.8 Å². The lowest BCUT2D eigenvalue weighted by molar-refractivity contribution is 0.0526. The number of pyridine rings is 1. The van der Waals surface area contributed by atoms with Gasteiger partial charge in [-0.3, -0.25) is 4.79 Å². The van der Waals surface area contributed by atoms with Gasteiger partial charge >= 0.3 is 5.97 Å². The van der Waals surface area contributed by atoms with Gasteiger partial charge in [0.25, 0.3) is 5.91 Å². The maximum absolute atomic E-state index is 12.6. The number of amides is 1. The minimum absolute atomic E-state index is 0. The number of rotatable bonds is 7. The maximum Gasteiger partial charge on any atom is 0.338 e. The van der Waals surface area contributed by atoms with Crippen LogP contribution in [0.25, 0.3) is 0 Å². The molecule has 1 amide bonds. The first-order chi connectivity index (χ1) is 14.1. The Morgan fingerprint density at radius 1 is 1.03 bits per heavy atom. The molecule has 0 bridgehead atoms. The van der Waals surface area contributed by atoms with Crippen molar-refractivity contribution in [3.05, 3.63) is 83.6 Å². The van der Waals surface area contributed by atoms with E-state index in [0.717, 1.165) is 5.56 Å². The van der Waals surface area contributed by atoms with Crippen molar-refractivity contribution in [3.63, 3.8) is 0 Å². The van der Waals surface area contributed by atoms with Crippen molar-refractivity contribution >= 4 is 30.0 Å². The number of hydrogen-bond acceptors (Lipinski definition) is 6. The standard InChI is InChI=1S/C22H21N3O4.ClH/c1-2-28-22(27)17-6-3-7-18(12-17)25-21(26)16-5-4-8-19(13-16)29-20-11-15(14-23)9-10-24-20;/h3-13H,2,14,23H2,1H3,(H,25,26);1H. The van der Waals surface area contributed by atoms with Crippen LogP contribution in [0, 0.1) is 0 Å². The highest BCUT2D eigenvalue weighted by Crippen LogP contribution is 2.22. The smallest absolute Gasteiger partial charge is 0.338 e. The van der Waals surface area contributed by atoms with E-state index in [-0.39, 0.29) is 24.9 Å². The number of carbonyl (C=O) groups is 2. The van der Waals surface area contributed by atoms with E-state index < -0.39 is 5.97 Å². The fraction of sp³-hybridized carbons (Fsp3) is 0.136. The molecule has 156 valence electrons. The van der Waals surface area contributed by atoms with Crippen LogP contribution in [0.3, 0.4) is 0 Å². The number of carbonyl (C=O) groups excluding carboxylic acids is 2. The number of nitrogens with one attached hydrogen (secondary N) is 1. The first-order valence-electron chi connectivity index (χ1n) is 9.10. The average molecular weight is 428 g/mol. The van der Waals surface area contributed by atoms with Crippen molar-refractivity contribution in [1.29, 1.82) is 0 Å². The summed E-state index contributed by atoms with van der Waals surface area (Å²) in [6.07, 6.45) is 1.62. The summed E-state index contributed by atoms with van der Waals surface area (Å²) in [7, 11) is 0. The highest BCUT2D eigenvalue weighted by Gasteiger charge is 2.11. The molecule has 0 unspecified atom stereocenters. The summed E-state index contributed by atoms with van der Waals surface area (Å²) in [6.45, 7) is 2.40. The zero-order valence-corrected chi connectivity index (χ0v) is 17.1. The fourth-order valence-electron chi connectivity index (χ4n) is 2.60. The summed E-state index contributed by atoms with van der Waals surface area (Å²) in [5.41, 5.74) is 7.78. The van der Waals surface area contributed by atoms with E-state index in [4.69, 9.17) is 15.2 Å². The molecular formula is C22H22ClN3O4. The molecule has 2 aromatic carbocycles. The number of nitrogens with zero attached hydrogens (tertiary/aromatic N) is 1. The van der Waals surface area contributed by atoms with E-state index in [1.165, 1.54) is 0 Å². The normalized spacial score (nSPS) is 9.93. The third kappa shape index (κ3) is 6.04. The van der Waals surface area contributed by atoms with E-state index in [1.807, 2.05) is 0 Å². The Bertz CT molecular complexity index is 1030. The minimum Gasteiger partial charge on any atom is -0.462 e. The molecule has 3 rings (SSSR count). The van der Waals surface area contributed by atoms with Gasteiger partial charge in [-0.25, -0.2) is 9.78 Å². The van der Waals surface area contributed by atoms with E-state index in [2.05, 4.69) is 10.3 Å². The van der Waals surface area contributed by atoms with Crippen LogP contribution in [0.1, 0.15) is 33.2 Å². The van der Waals surface area contributed by atoms with Gasteiger partial charge in [0.2, 0.25) is 5.88 Å². The molecule has 8 heteroatoms. The molecule has 0 fully saturated rings. The Labute approximate surface area is 180 Å². The predicted molar refractivity (Wildman–Crippen MR) is 116 cm³/mol. The molecule has 3 aromatic rings. The highest BCUT2D eigenvalue weighted by atomic mass is 35.5. The number of hydrogen-bond donors (Lipinski definition) is 2. The lowest BCUT2D eigenvalue weighted by atomic mass is 10.1. The van der Waals surface area contributed by atoms with Crippen LogP contribution in [0.15, 0.2) is 66.9 Å². The SMILES string of the molecule is CCOC(=O)c1cccc(NC(=O)c2cccc(Oc3cc(CN)ccn3)c2)c1.Cl. The Hall–Kier alpha value is -3.42. The van der Waals surface area contributed by atoms with E-state index in [0.29, 0.717) is 35.0 Å². The molecule has 0 aliphatic carbocycles. The molecule has 0 atom stereocenters. The average Bonchev–Trinajstić information content (AvgIpc) is 2.74. The van der Waals surface area contributed by atoms with Crippen molar-refractivity contribution in [2.75, 3.05) is 11.9 Å². The largest absolute Gasteiger partial charge is 0.462 e. The summed E-state index contributed by atoms with van der Waals surface area (Å²) in [5.74, 6) is 0.0959. The summed E-state index contributed by atoms with van der Waals surface area (Å²) < 4.78 is 10.7. The summed E-state index contributed by atoms with van der Waals surface area (Å²) in [4.78, 5) is 28.6. The van der Waals surface area contributed by atoms with Crippen LogP contribution >= 0.6 is 12.4 Å². The molecule has 3 N–H and O–H groups in total. The number of esters is 1. The zero-order valence-electron chi connectivity index (χ0n) is 16.3. The van der Waals surface area contributed by atoms with Crippen LogP contribution in [-0.4, -0.2) is 23.5 Å². The Kier molecular flexibility index (Phi) is 8.34. The monoisotopic (exact) mass is 427 g/mol. The Morgan fingerprint density at radius 2 is 1.80 bits per heavy atom. The van der Waals surface area contributed by atoms with Crippen molar-refractivity contribution in [1.82, 2.24) is 4.98 Å². The van der Waals surface area contributed by atoms with Crippen LogP contribution in [0.4, 0.5) is 5.69 Å². The third-order valence-corrected chi connectivity index (χ3v) is 3.99. The summed E-state index contributed by atoms with van der Waals surface area (Å²) in [6, 6.07) is 16.8. The van der Waals surface area contributed by atoms with Gasteiger partial charge in [-0.2, -0.15) is 0 Å². The van der Waals surface area contributed by atoms with Gasteiger partial charge in [0, 0.05) is 30.1 Å². The summed E-state index contributed by atoms with van der Waals surface area (Å²) in [5, 5.41) is 2.77. The lowest BCUT2D eigenvalue weighted by Crippen LogP contribution is -2.13. The molecule has 0 saturated carbocycles. The quantitative estimate of drug-likeness (QED) is 0.548. The molecule has 0 spiro atoms. The zero-order chi connectivity index (χ0) is 20.6. The van der Waals surface area contributed by atoms with Gasteiger partial charge < -0.3 is 20.5 Å². The molecule has 30 heavy (non-hydrogen) atoms. The van der Waals surface area contributed by atoms with E-state index in [9.17, 15) is 9.59 Å². The Balaban J connectivity index is 0.00000320. The first-order valence-corrected chi connectivity index (χ1v) is 9.10. The van der Waals surface area contributed by atoms with Crippen molar-refractivity contribution in [2.24, 2.45) is 5.73 Å². The number of aromatic nitrogens is 1. The lowest BCUT2D eigenvalue weighted by Gasteiger charge is -2.09. The van der Waals surface area contributed by atoms with Gasteiger partial charge in [-0.1, -0.05) is 12.1 Å². The number of anilines is 1.